The number of amides is 1. The summed E-state index contributed by atoms with van der Waals surface area (Å²) in [6, 6.07) is 3.39. The molecular formula is C21H26N4O4S. The Morgan fingerprint density at radius 2 is 1.70 bits per heavy atom. The van der Waals surface area contributed by atoms with Gasteiger partial charge in [-0.05, 0) is 26.3 Å². The van der Waals surface area contributed by atoms with Gasteiger partial charge in [-0.3, -0.25) is 4.79 Å². The van der Waals surface area contributed by atoms with Crippen LogP contribution in [0.1, 0.15) is 29.1 Å². The molecule has 1 amide bonds. The number of nitrogens with zero attached hydrogens (tertiary/aromatic N) is 3. The average Bonchev–Trinajstić information content (AvgIpc) is 3.11. The fraction of sp³-hybridized carbons (Fsp3) is 0.381. The zero-order valence-corrected chi connectivity index (χ0v) is 18.8. The summed E-state index contributed by atoms with van der Waals surface area (Å²) in [4.78, 5) is 25.5. The number of hydrogen-bond donors (Lipinski definition) is 1. The van der Waals surface area contributed by atoms with Crippen molar-refractivity contribution in [3.63, 3.8) is 0 Å². The molecule has 0 aliphatic rings. The number of nitrogens with one attached hydrogen (secondary N) is 1. The maximum Gasteiger partial charge on any atom is 0.266 e. The summed E-state index contributed by atoms with van der Waals surface area (Å²) in [5.41, 5.74) is 1.41. The largest absolute Gasteiger partial charge is 0.493 e. The normalized spacial score (nSPS) is 10.7. The maximum absolute atomic E-state index is 13.1. The van der Waals surface area contributed by atoms with Crippen LogP contribution in [0.4, 0.5) is 11.5 Å². The van der Waals surface area contributed by atoms with Crippen LogP contribution >= 0.6 is 11.3 Å². The summed E-state index contributed by atoms with van der Waals surface area (Å²) in [5.74, 6) is 2.03. The quantitative estimate of drug-likeness (QED) is 0.575. The van der Waals surface area contributed by atoms with Crippen molar-refractivity contribution < 1.29 is 19.0 Å². The van der Waals surface area contributed by atoms with Crippen molar-refractivity contribution in [1.82, 2.24) is 9.97 Å². The van der Waals surface area contributed by atoms with Crippen LogP contribution in [0.15, 0.2) is 18.5 Å². The molecule has 0 unspecified atom stereocenters. The molecule has 0 fully saturated rings. The van der Waals surface area contributed by atoms with Crippen molar-refractivity contribution in [3.05, 3.63) is 28.9 Å². The Morgan fingerprint density at radius 1 is 1.07 bits per heavy atom. The van der Waals surface area contributed by atoms with E-state index in [1.165, 1.54) is 32.7 Å². The number of aryl methyl sites for hydroxylation is 1. The lowest BCUT2D eigenvalue weighted by Gasteiger charge is -2.20. The van der Waals surface area contributed by atoms with Crippen LogP contribution in [-0.2, 0) is 0 Å². The van der Waals surface area contributed by atoms with E-state index in [2.05, 4.69) is 34.0 Å². The number of aromatic nitrogens is 2. The van der Waals surface area contributed by atoms with Gasteiger partial charge in [0.2, 0.25) is 5.75 Å². The number of rotatable bonds is 8. The van der Waals surface area contributed by atoms with Gasteiger partial charge in [-0.15, -0.1) is 11.3 Å². The lowest BCUT2D eigenvalue weighted by atomic mass is 10.1. The van der Waals surface area contributed by atoms with Gasteiger partial charge < -0.3 is 24.4 Å². The van der Waals surface area contributed by atoms with Gasteiger partial charge in [-0.2, -0.15) is 0 Å². The third-order valence-corrected chi connectivity index (χ3v) is 6.10. The van der Waals surface area contributed by atoms with Gasteiger partial charge >= 0.3 is 0 Å². The molecule has 0 spiro atoms. The molecular weight excluding hydrogens is 404 g/mol. The summed E-state index contributed by atoms with van der Waals surface area (Å²) >= 11 is 1.35. The van der Waals surface area contributed by atoms with E-state index in [9.17, 15) is 4.79 Å². The Kier molecular flexibility index (Phi) is 6.61. The number of anilines is 2. The van der Waals surface area contributed by atoms with E-state index in [4.69, 9.17) is 14.2 Å². The summed E-state index contributed by atoms with van der Waals surface area (Å²) in [6.07, 6.45) is 1.55. The first-order chi connectivity index (χ1) is 14.5. The van der Waals surface area contributed by atoms with E-state index in [0.29, 0.717) is 27.8 Å². The Labute approximate surface area is 179 Å². The standard InChI is InChI=1S/C21H26N4O4S/c1-7-25(8-2)19-16-12(3)18(30-21(16)23-11-22-19)20(26)24-13-9-14(27-4)17(29-6)15(10-13)28-5/h9-11H,7-8H2,1-6H3,(H,24,26). The van der Waals surface area contributed by atoms with Gasteiger partial charge in [0, 0.05) is 30.9 Å². The fourth-order valence-corrected chi connectivity index (χ4v) is 4.41. The molecule has 0 aliphatic heterocycles. The minimum atomic E-state index is -0.227. The van der Waals surface area contributed by atoms with Gasteiger partial charge in [-0.25, -0.2) is 9.97 Å². The third kappa shape index (κ3) is 3.85. The molecule has 9 heteroatoms. The molecule has 0 aliphatic carbocycles. The van der Waals surface area contributed by atoms with Crippen LogP contribution in [0.3, 0.4) is 0 Å². The first kappa shape index (κ1) is 21.6. The van der Waals surface area contributed by atoms with E-state index in [0.717, 1.165) is 34.7 Å². The highest BCUT2D eigenvalue weighted by Crippen LogP contribution is 2.40. The number of carbonyl (C=O) groups excluding carboxylic acids is 1. The number of carbonyl (C=O) groups is 1. The molecule has 2 heterocycles. The number of methoxy groups -OCH3 is 3. The Hall–Kier alpha value is -3.07. The van der Waals surface area contributed by atoms with Crippen molar-refractivity contribution >= 4 is 39.0 Å². The summed E-state index contributed by atoms with van der Waals surface area (Å²) in [7, 11) is 4.60. The molecule has 0 saturated carbocycles. The van der Waals surface area contributed by atoms with E-state index in [1.807, 2.05) is 6.92 Å². The Balaban J connectivity index is 2.00. The van der Waals surface area contributed by atoms with Gasteiger partial charge in [-0.1, -0.05) is 0 Å². The Bertz CT molecular complexity index is 1040. The molecule has 160 valence electrons. The minimum Gasteiger partial charge on any atom is -0.493 e. The summed E-state index contributed by atoms with van der Waals surface area (Å²) in [6.45, 7) is 7.74. The molecule has 0 bridgehead atoms. The maximum atomic E-state index is 13.1. The van der Waals surface area contributed by atoms with Crippen LogP contribution in [0.2, 0.25) is 0 Å². The first-order valence-corrected chi connectivity index (χ1v) is 10.4. The monoisotopic (exact) mass is 430 g/mol. The van der Waals surface area contributed by atoms with Gasteiger partial charge in [0.25, 0.3) is 5.91 Å². The molecule has 0 saturated heterocycles. The highest BCUT2D eigenvalue weighted by Gasteiger charge is 2.22. The number of fused-ring (bicyclic) bond motifs is 1. The number of ether oxygens (including phenoxy) is 3. The summed E-state index contributed by atoms with van der Waals surface area (Å²) < 4.78 is 16.1. The predicted octanol–water partition coefficient (Wildman–Crippen LogP) is 4.12. The Morgan fingerprint density at radius 3 is 2.23 bits per heavy atom. The smallest absolute Gasteiger partial charge is 0.266 e. The molecule has 1 aromatic carbocycles. The van der Waals surface area contributed by atoms with Crippen molar-refractivity contribution in [2.45, 2.75) is 20.8 Å². The van der Waals surface area contributed by atoms with Crippen LogP contribution in [-0.4, -0.2) is 50.3 Å². The molecule has 3 aromatic rings. The van der Waals surface area contributed by atoms with Gasteiger partial charge in [0.1, 0.15) is 17.0 Å². The molecule has 1 N–H and O–H groups in total. The molecule has 2 aromatic heterocycles. The van der Waals surface area contributed by atoms with Crippen molar-refractivity contribution in [2.24, 2.45) is 0 Å². The molecule has 30 heavy (non-hydrogen) atoms. The predicted molar refractivity (Wildman–Crippen MR) is 120 cm³/mol. The number of thiophene rings is 1. The highest BCUT2D eigenvalue weighted by molar-refractivity contribution is 7.20. The van der Waals surface area contributed by atoms with Crippen molar-refractivity contribution in [1.29, 1.82) is 0 Å². The zero-order chi connectivity index (χ0) is 21.8. The third-order valence-electron chi connectivity index (χ3n) is 4.90. The second-order valence-corrected chi connectivity index (χ2v) is 7.47. The molecule has 0 atom stereocenters. The first-order valence-electron chi connectivity index (χ1n) is 9.59. The van der Waals surface area contributed by atoms with Crippen LogP contribution in [0.5, 0.6) is 17.2 Å². The second kappa shape index (κ2) is 9.17. The average molecular weight is 431 g/mol. The minimum absolute atomic E-state index is 0.227. The second-order valence-electron chi connectivity index (χ2n) is 6.47. The lowest BCUT2D eigenvalue weighted by Crippen LogP contribution is -2.23. The van der Waals surface area contributed by atoms with Crippen molar-refractivity contribution in [3.8, 4) is 17.2 Å². The molecule has 3 rings (SSSR count). The SMILES string of the molecule is CCN(CC)c1ncnc2sc(C(=O)Nc3cc(OC)c(OC)c(OC)c3)c(C)c12. The van der Waals surface area contributed by atoms with Crippen LogP contribution in [0, 0.1) is 6.92 Å². The zero-order valence-electron chi connectivity index (χ0n) is 18.0. The van der Waals surface area contributed by atoms with E-state index < -0.39 is 0 Å². The van der Waals surface area contributed by atoms with E-state index >= 15 is 0 Å². The van der Waals surface area contributed by atoms with Crippen LogP contribution in [0.25, 0.3) is 10.2 Å². The highest BCUT2D eigenvalue weighted by atomic mass is 32.1. The van der Waals surface area contributed by atoms with Crippen LogP contribution < -0.4 is 24.4 Å². The van der Waals surface area contributed by atoms with E-state index in [-0.39, 0.29) is 5.91 Å². The molecule has 8 nitrogen and oxygen atoms in total. The summed E-state index contributed by atoms with van der Waals surface area (Å²) in [5, 5.41) is 3.85. The topological polar surface area (TPSA) is 85.8 Å². The number of hydrogen-bond acceptors (Lipinski definition) is 8. The molecule has 0 radical (unpaired) electrons. The van der Waals surface area contributed by atoms with Gasteiger partial charge in [0.05, 0.1) is 31.6 Å². The lowest BCUT2D eigenvalue weighted by molar-refractivity contribution is 0.103. The van der Waals surface area contributed by atoms with E-state index in [1.54, 1.807) is 18.5 Å². The van der Waals surface area contributed by atoms with Crippen molar-refractivity contribution in [2.75, 3.05) is 44.6 Å². The van der Waals surface area contributed by atoms with Gasteiger partial charge in [0.15, 0.2) is 11.5 Å². The fourth-order valence-electron chi connectivity index (χ4n) is 3.37. The number of benzene rings is 1.